The molecule has 11 rings (SSSR count). The van der Waals surface area contributed by atoms with Crippen LogP contribution >= 0.6 is 24.0 Å². The molecule has 0 saturated carbocycles. The summed E-state index contributed by atoms with van der Waals surface area (Å²) in [5, 5.41) is 35.2. The van der Waals surface area contributed by atoms with Gasteiger partial charge in [0.2, 0.25) is 0 Å². The molecule has 0 fully saturated rings. The molecule has 0 aliphatic carbocycles. The number of halogens is 2. The molecule has 15 heteroatoms. The zero-order valence-corrected chi connectivity index (χ0v) is 38.7. The summed E-state index contributed by atoms with van der Waals surface area (Å²) in [6.07, 6.45) is 0. The Morgan fingerprint density at radius 1 is 0.379 bits per heavy atom. The van der Waals surface area contributed by atoms with Crippen LogP contribution in [0.25, 0.3) is 65.4 Å². The second-order valence-electron chi connectivity index (χ2n) is 14.4. The normalized spacial score (nSPS) is 10.4. The van der Waals surface area contributed by atoms with Crippen molar-refractivity contribution in [2.24, 2.45) is 0 Å². The Labute approximate surface area is 410 Å². The molecule has 320 valence electrons. The number of benzene rings is 8. The topological polar surface area (TPSA) is 179 Å². The molecule has 0 atom stereocenters. The fraction of sp³-hybridized carbons (Fsp3) is 0. The maximum Gasteiger partial charge on any atom is 1.00 e. The van der Waals surface area contributed by atoms with Crippen LogP contribution in [0.3, 0.4) is 0 Å². The van der Waals surface area contributed by atoms with Gasteiger partial charge in [0.1, 0.15) is 0 Å². The van der Waals surface area contributed by atoms with Gasteiger partial charge in [-0.05, 0) is 60.7 Å². The first-order valence-electron chi connectivity index (χ1n) is 19.8. The fourth-order valence-electron chi connectivity index (χ4n) is 7.36. The smallest absolute Gasteiger partial charge is 0.870 e. The number of rotatable bonds is 6. The van der Waals surface area contributed by atoms with Crippen LogP contribution < -0.4 is 40.2 Å². The third kappa shape index (κ3) is 10.3. The van der Waals surface area contributed by atoms with Gasteiger partial charge in [-0.2, -0.15) is 0 Å². The molecule has 0 unspecified atom stereocenters. The SMILES string of the molecule is Cl.Clc1c2ccccc2nc2ccccc12.O=[N+]([O-])c1ccc(Nc2c3ccccc3nc3ccccc23)cc1.O=[N+]([O-])c1ccc(Nc2c3ccccc3nc3ccccc23)cc1.[Na+].[OH-]. The molecule has 0 bridgehead atoms. The van der Waals surface area contributed by atoms with Gasteiger partial charge in [-0.15, -0.1) is 12.4 Å². The largest absolute Gasteiger partial charge is 1.00 e. The number of pyridine rings is 3. The number of nitro benzene ring substituents is 2. The number of hydrogen-bond acceptors (Lipinski definition) is 10. The molecular weight excluding hydrogens is 885 g/mol. The summed E-state index contributed by atoms with van der Waals surface area (Å²) in [5.74, 6) is 0. The first-order chi connectivity index (χ1) is 30.8. The van der Waals surface area contributed by atoms with Crippen LogP contribution in [-0.2, 0) is 0 Å². The maximum atomic E-state index is 10.8. The van der Waals surface area contributed by atoms with Crippen molar-refractivity contribution in [2.45, 2.75) is 0 Å². The van der Waals surface area contributed by atoms with Gasteiger partial charge in [-0.25, -0.2) is 15.0 Å². The second kappa shape index (κ2) is 21.6. The van der Waals surface area contributed by atoms with Crippen LogP contribution in [0.5, 0.6) is 0 Å². The van der Waals surface area contributed by atoms with Gasteiger partial charge in [0, 0.05) is 68.0 Å². The average Bonchev–Trinajstić information content (AvgIpc) is 3.32. The molecule has 12 nitrogen and oxygen atoms in total. The van der Waals surface area contributed by atoms with Crippen molar-refractivity contribution in [3.8, 4) is 0 Å². The predicted octanol–water partition coefficient (Wildman–Crippen LogP) is 11.4. The van der Waals surface area contributed by atoms with E-state index in [1.807, 2.05) is 146 Å². The third-order valence-electron chi connectivity index (χ3n) is 10.4. The summed E-state index contributed by atoms with van der Waals surface area (Å²) in [4.78, 5) is 34.7. The van der Waals surface area contributed by atoms with Gasteiger partial charge < -0.3 is 16.1 Å². The average molecular weight is 921 g/mol. The Kier molecular flexibility index (Phi) is 15.8. The summed E-state index contributed by atoms with van der Waals surface area (Å²) in [6.45, 7) is 0. The van der Waals surface area contributed by atoms with Crippen molar-refractivity contribution in [1.82, 2.24) is 15.0 Å². The van der Waals surface area contributed by atoms with Crippen molar-refractivity contribution < 1.29 is 44.9 Å². The number of hydrogen-bond donors (Lipinski definition) is 2. The zero-order chi connectivity index (χ0) is 43.3. The van der Waals surface area contributed by atoms with Crippen molar-refractivity contribution >= 4 is 124 Å². The van der Waals surface area contributed by atoms with E-state index in [0.717, 1.165) is 93.2 Å². The molecule has 0 aliphatic heterocycles. The number of nitrogens with zero attached hydrogens (tertiary/aromatic N) is 5. The van der Waals surface area contributed by atoms with E-state index in [2.05, 4.69) is 25.6 Å². The molecule has 0 radical (unpaired) electrons. The molecule has 3 aromatic heterocycles. The second-order valence-corrected chi connectivity index (χ2v) is 14.7. The molecular formula is C51H36Cl2N7NaO5. The van der Waals surface area contributed by atoms with Crippen LogP contribution in [0.4, 0.5) is 34.1 Å². The first kappa shape index (κ1) is 48.2. The Morgan fingerprint density at radius 2 is 0.606 bits per heavy atom. The van der Waals surface area contributed by atoms with Gasteiger partial charge in [0.25, 0.3) is 11.4 Å². The summed E-state index contributed by atoms with van der Waals surface area (Å²) in [5.41, 5.74) is 9.14. The van der Waals surface area contributed by atoms with Crippen LogP contribution in [0, 0.1) is 20.2 Å². The Hall–Kier alpha value is -7.29. The van der Waals surface area contributed by atoms with E-state index in [9.17, 15) is 20.2 Å². The summed E-state index contributed by atoms with van der Waals surface area (Å²) in [6, 6.07) is 60.4. The third-order valence-corrected chi connectivity index (χ3v) is 10.8. The quantitative estimate of drug-likeness (QED) is 0.0705. The van der Waals surface area contributed by atoms with Crippen molar-refractivity contribution in [3.05, 3.63) is 219 Å². The van der Waals surface area contributed by atoms with Crippen LogP contribution in [0.1, 0.15) is 0 Å². The molecule has 0 aliphatic rings. The number of non-ortho nitro benzene ring substituents is 2. The molecule has 66 heavy (non-hydrogen) atoms. The Morgan fingerprint density at radius 3 is 0.864 bits per heavy atom. The number of para-hydroxylation sites is 6. The minimum atomic E-state index is -0.402. The maximum absolute atomic E-state index is 10.8. The van der Waals surface area contributed by atoms with Crippen molar-refractivity contribution in [1.29, 1.82) is 0 Å². The summed E-state index contributed by atoms with van der Waals surface area (Å²) in [7, 11) is 0. The molecule has 3 heterocycles. The molecule has 0 saturated heterocycles. The van der Waals surface area contributed by atoms with E-state index >= 15 is 0 Å². The standard InChI is InChI=1S/2C19H13N3O2.C13H8ClN.ClH.Na.H2O/c2*23-22(24)14-11-9-13(10-12-14)20-19-15-5-1-3-7-17(15)21-18-8-4-2-6-16(18)19;14-13-9-5-1-3-7-11(9)15-12-8-4-2-6-10(12)13;;;/h2*1-12H,(H,20,21);1-8H;1H;;1H2/q;;;;+1;/p-1. The van der Waals surface area contributed by atoms with Gasteiger partial charge in [0.05, 0.1) is 59.3 Å². The van der Waals surface area contributed by atoms with E-state index in [1.54, 1.807) is 24.3 Å². The van der Waals surface area contributed by atoms with E-state index in [0.29, 0.717) is 0 Å². The van der Waals surface area contributed by atoms with E-state index in [-0.39, 0.29) is 58.8 Å². The summed E-state index contributed by atoms with van der Waals surface area (Å²) >= 11 is 6.33. The van der Waals surface area contributed by atoms with E-state index in [4.69, 9.17) is 11.6 Å². The van der Waals surface area contributed by atoms with Gasteiger partial charge in [0.15, 0.2) is 0 Å². The van der Waals surface area contributed by atoms with Crippen molar-refractivity contribution in [3.63, 3.8) is 0 Å². The van der Waals surface area contributed by atoms with E-state index in [1.165, 1.54) is 24.3 Å². The Bertz CT molecular complexity index is 3180. The zero-order valence-electron chi connectivity index (χ0n) is 35.1. The van der Waals surface area contributed by atoms with Gasteiger partial charge >= 0.3 is 29.6 Å². The Balaban J connectivity index is 0.000000164. The molecule has 8 aromatic carbocycles. The van der Waals surface area contributed by atoms with Crippen molar-refractivity contribution in [2.75, 3.05) is 10.6 Å². The predicted molar refractivity (Wildman–Crippen MR) is 265 cm³/mol. The minimum absolute atomic E-state index is 0. The molecule has 3 N–H and O–H groups in total. The monoisotopic (exact) mass is 919 g/mol. The van der Waals surface area contributed by atoms with Crippen LogP contribution in [0.15, 0.2) is 194 Å². The van der Waals surface area contributed by atoms with Crippen LogP contribution in [-0.4, -0.2) is 30.3 Å². The number of aromatic nitrogens is 3. The number of anilines is 4. The first-order valence-corrected chi connectivity index (χ1v) is 20.2. The fourth-order valence-corrected chi connectivity index (χ4v) is 7.68. The van der Waals surface area contributed by atoms with Gasteiger partial charge in [-0.3, -0.25) is 20.2 Å². The minimum Gasteiger partial charge on any atom is -0.870 e. The van der Waals surface area contributed by atoms with Gasteiger partial charge in [-0.1, -0.05) is 121 Å². The van der Waals surface area contributed by atoms with Crippen LogP contribution in [0.2, 0.25) is 5.02 Å². The number of nitro groups is 2. The van der Waals surface area contributed by atoms with E-state index < -0.39 is 9.85 Å². The molecule has 0 spiro atoms. The molecule has 11 aromatic rings. The summed E-state index contributed by atoms with van der Waals surface area (Å²) < 4.78 is 0. The number of nitrogens with one attached hydrogen (secondary N) is 2. The molecule has 0 amide bonds. The number of fused-ring (bicyclic) bond motifs is 6.